The highest BCUT2D eigenvalue weighted by atomic mass is 79.9. The van der Waals surface area contributed by atoms with E-state index in [2.05, 4.69) is 39.8 Å². The Morgan fingerprint density at radius 2 is 2.06 bits per heavy atom. The predicted octanol–water partition coefficient (Wildman–Crippen LogP) is 2.36. The quantitative estimate of drug-likeness (QED) is 0.927. The molecular formula is C13H22BrN3O. The van der Waals surface area contributed by atoms with Crippen LogP contribution in [0.1, 0.15) is 38.8 Å². The van der Waals surface area contributed by atoms with Crippen molar-refractivity contribution in [3.8, 4) is 0 Å². The molecule has 0 aliphatic carbocycles. The summed E-state index contributed by atoms with van der Waals surface area (Å²) in [4.78, 5) is 2.43. The minimum atomic E-state index is -0.727. The third-order valence-electron chi connectivity index (χ3n) is 3.76. The van der Waals surface area contributed by atoms with Gasteiger partial charge < -0.3 is 10.0 Å². The summed E-state index contributed by atoms with van der Waals surface area (Å²) in [7, 11) is 0. The Morgan fingerprint density at radius 1 is 1.39 bits per heavy atom. The minimum absolute atomic E-state index is 0.727. The van der Waals surface area contributed by atoms with Gasteiger partial charge in [0.1, 0.15) is 5.60 Å². The van der Waals surface area contributed by atoms with E-state index in [1.165, 1.54) is 6.42 Å². The fraction of sp³-hybridized carbons (Fsp3) is 0.769. The summed E-state index contributed by atoms with van der Waals surface area (Å²) in [6, 6.07) is 0. The van der Waals surface area contributed by atoms with E-state index in [4.69, 9.17) is 0 Å². The van der Waals surface area contributed by atoms with E-state index in [0.717, 1.165) is 49.2 Å². The monoisotopic (exact) mass is 315 g/mol. The van der Waals surface area contributed by atoms with E-state index in [0.29, 0.717) is 0 Å². The van der Waals surface area contributed by atoms with Crippen LogP contribution in [-0.2, 0) is 12.1 Å². The van der Waals surface area contributed by atoms with Crippen LogP contribution < -0.4 is 0 Å². The summed E-state index contributed by atoms with van der Waals surface area (Å²) in [6.45, 7) is 8.10. The lowest BCUT2D eigenvalue weighted by atomic mass is 9.88. The average Bonchev–Trinajstić information content (AvgIpc) is 2.75. The molecule has 2 rings (SSSR count). The van der Waals surface area contributed by atoms with Gasteiger partial charge in [0.2, 0.25) is 0 Å². The smallest absolute Gasteiger partial charge is 0.110 e. The Balaban J connectivity index is 2.15. The van der Waals surface area contributed by atoms with Crippen molar-refractivity contribution in [2.45, 2.75) is 45.3 Å². The maximum atomic E-state index is 10.9. The van der Waals surface area contributed by atoms with Crippen molar-refractivity contribution in [1.82, 2.24) is 14.7 Å². The van der Waals surface area contributed by atoms with Gasteiger partial charge in [-0.05, 0) is 48.7 Å². The average molecular weight is 316 g/mol. The number of halogens is 1. The van der Waals surface area contributed by atoms with Gasteiger partial charge >= 0.3 is 0 Å². The Bertz CT molecular complexity index is 397. The Kier molecular flexibility index (Phi) is 4.45. The first-order valence-electron chi connectivity index (χ1n) is 6.77. The molecule has 0 amide bonds. The first-order valence-corrected chi connectivity index (χ1v) is 7.56. The molecule has 0 aromatic carbocycles. The normalized spacial score (nSPS) is 20.2. The summed E-state index contributed by atoms with van der Waals surface area (Å²) < 4.78 is 2.83. The summed E-state index contributed by atoms with van der Waals surface area (Å²) in [5, 5.41) is 15.2. The Labute approximate surface area is 117 Å². The molecule has 1 fully saturated rings. The molecule has 4 nitrogen and oxygen atoms in total. The molecule has 1 aliphatic rings. The first kappa shape index (κ1) is 14.0. The molecule has 0 radical (unpaired) electrons. The standard InChI is InChI=1S/C13H22BrN3O/c1-3-7-16-8-5-13(18,6-9-16)12-11(14)10-15-17(12)4-2/h10,18H,3-9H2,1-2H3. The largest absolute Gasteiger partial charge is 0.383 e. The second-order valence-electron chi connectivity index (χ2n) is 5.03. The molecule has 1 aromatic rings. The summed E-state index contributed by atoms with van der Waals surface area (Å²) >= 11 is 3.52. The zero-order valence-corrected chi connectivity index (χ0v) is 12.8. The number of rotatable bonds is 4. The van der Waals surface area contributed by atoms with Gasteiger partial charge in [0.15, 0.2) is 0 Å². The summed E-state index contributed by atoms with van der Waals surface area (Å²) in [6.07, 6.45) is 4.54. The van der Waals surface area contributed by atoms with Gasteiger partial charge in [0, 0.05) is 19.6 Å². The highest BCUT2D eigenvalue weighted by Gasteiger charge is 2.38. The van der Waals surface area contributed by atoms with Crippen molar-refractivity contribution in [1.29, 1.82) is 0 Å². The van der Waals surface area contributed by atoms with E-state index in [1.807, 2.05) is 4.68 Å². The molecule has 1 aromatic heterocycles. The van der Waals surface area contributed by atoms with Crippen LogP contribution in [-0.4, -0.2) is 39.4 Å². The maximum Gasteiger partial charge on any atom is 0.110 e. The van der Waals surface area contributed by atoms with Crippen LogP contribution in [0.25, 0.3) is 0 Å². The lowest BCUT2D eigenvalue weighted by Gasteiger charge is -2.38. The van der Waals surface area contributed by atoms with Gasteiger partial charge in [0.25, 0.3) is 0 Å². The van der Waals surface area contributed by atoms with Gasteiger partial charge in [-0.3, -0.25) is 4.68 Å². The van der Waals surface area contributed by atoms with Crippen LogP contribution in [0.3, 0.4) is 0 Å². The molecule has 0 bridgehead atoms. The number of aliphatic hydroxyl groups is 1. The second-order valence-corrected chi connectivity index (χ2v) is 5.88. The number of piperidine rings is 1. The SMILES string of the molecule is CCCN1CCC(O)(c2c(Br)cnn2CC)CC1. The van der Waals surface area contributed by atoms with Gasteiger partial charge in [-0.2, -0.15) is 5.10 Å². The van der Waals surface area contributed by atoms with Crippen molar-refractivity contribution in [2.24, 2.45) is 0 Å². The molecule has 18 heavy (non-hydrogen) atoms. The number of hydrogen-bond acceptors (Lipinski definition) is 3. The van der Waals surface area contributed by atoms with Crippen molar-refractivity contribution < 1.29 is 5.11 Å². The topological polar surface area (TPSA) is 41.3 Å². The molecule has 1 N–H and O–H groups in total. The molecule has 5 heteroatoms. The summed E-state index contributed by atoms with van der Waals surface area (Å²) in [5.41, 5.74) is 0.219. The number of likely N-dealkylation sites (tertiary alicyclic amines) is 1. The summed E-state index contributed by atoms with van der Waals surface area (Å²) in [5.74, 6) is 0. The zero-order valence-electron chi connectivity index (χ0n) is 11.2. The van der Waals surface area contributed by atoms with E-state index in [-0.39, 0.29) is 0 Å². The number of aryl methyl sites for hydroxylation is 1. The predicted molar refractivity (Wildman–Crippen MR) is 75.5 cm³/mol. The number of hydrogen-bond donors (Lipinski definition) is 1. The van der Waals surface area contributed by atoms with Crippen molar-refractivity contribution in [3.05, 3.63) is 16.4 Å². The first-order chi connectivity index (χ1) is 8.60. The molecule has 0 saturated carbocycles. The highest BCUT2D eigenvalue weighted by Crippen LogP contribution is 2.36. The fourth-order valence-electron chi connectivity index (χ4n) is 2.76. The van der Waals surface area contributed by atoms with Crippen molar-refractivity contribution >= 4 is 15.9 Å². The molecule has 102 valence electrons. The molecule has 2 heterocycles. The third kappa shape index (κ3) is 2.63. The van der Waals surface area contributed by atoms with Crippen LogP contribution in [0.15, 0.2) is 10.7 Å². The molecular weight excluding hydrogens is 294 g/mol. The highest BCUT2D eigenvalue weighted by molar-refractivity contribution is 9.10. The third-order valence-corrected chi connectivity index (χ3v) is 4.34. The number of aromatic nitrogens is 2. The van der Waals surface area contributed by atoms with Crippen LogP contribution >= 0.6 is 15.9 Å². The molecule has 1 aliphatic heterocycles. The lowest BCUT2D eigenvalue weighted by Crippen LogP contribution is -2.44. The molecule has 0 atom stereocenters. The maximum absolute atomic E-state index is 10.9. The molecule has 1 saturated heterocycles. The van der Waals surface area contributed by atoms with E-state index in [1.54, 1.807) is 6.20 Å². The fourth-order valence-corrected chi connectivity index (χ4v) is 3.43. The lowest BCUT2D eigenvalue weighted by molar-refractivity contribution is -0.0330. The minimum Gasteiger partial charge on any atom is -0.383 e. The number of nitrogens with zero attached hydrogens (tertiary/aromatic N) is 3. The van der Waals surface area contributed by atoms with Crippen LogP contribution in [0.5, 0.6) is 0 Å². The molecule has 0 unspecified atom stereocenters. The van der Waals surface area contributed by atoms with Gasteiger partial charge in [-0.25, -0.2) is 0 Å². The van der Waals surface area contributed by atoms with Crippen LogP contribution in [0.2, 0.25) is 0 Å². The second kappa shape index (κ2) is 5.72. The van der Waals surface area contributed by atoms with Gasteiger partial charge in [-0.15, -0.1) is 0 Å². The van der Waals surface area contributed by atoms with E-state index < -0.39 is 5.60 Å². The Morgan fingerprint density at radius 3 is 2.61 bits per heavy atom. The van der Waals surface area contributed by atoms with Gasteiger partial charge in [0.05, 0.1) is 16.4 Å². The van der Waals surface area contributed by atoms with Crippen LogP contribution in [0, 0.1) is 0 Å². The van der Waals surface area contributed by atoms with Crippen LogP contribution in [0.4, 0.5) is 0 Å². The van der Waals surface area contributed by atoms with Crippen molar-refractivity contribution in [2.75, 3.05) is 19.6 Å². The molecule has 0 spiro atoms. The Hall–Kier alpha value is -0.390. The van der Waals surface area contributed by atoms with Gasteiger partial charge in [-0.1, -0.05) is 6.92 Å². The zero-order chi connectivity index (χ0) is 13.2. The van der Waals surface area contributed by atoms with E-state index >= 15 is 0 Å². The van der Waals surface area contributed by atoms with E-state index in [9.17, 15) is 5.11 Å². The van der Waals surface area contributed by atoms with Crippen molar-refractivity contribution in [3.63, 3.8) is 0 Å².